The summed E-state index contributed by atoms with van der Waals surface area (Å²) in [6, 6.07) is 2.86. The number of carbonyl (C=O) groups excluding carboxylic acids is 1. The Labute approximate surface area is 193 Å². The van der Waals surface area contributed by atoms with Crippen LogP contribution in [0.2, 0.25) is 0 Å². The zero-order valence-electron chi connectivity index (χ0n) is 18.3. The average Bonchev–Trinajstić information content (AvgIpc) is 3.27. The van der Waals surface area contributed by atoms with Crippen LogP contribution in [0, 0.1) is 0 Å². The normalized spacial score (nSPS) is 17.5. The van der Waals surface area contributed by atoms with Crippen LogP contribution in [0.15, 0.2) is 22.7 Å². The maximum absolute atomic E-state index is 13.5. The summed E-state index contributed by atoms with van der Waals surface area (Å²) in [5.74, 6) is -1.32. The lowest BCUT2D eigenvalue weighted by Gasteiger charge is -2.32. The van der Waals surface area contributed by atoms with Crippen molar-refractivity contribution < 1.29 is 32.3 Å². The number of pyridine rings is 1. The Morgan fingerprint density at radius 2 is 1.76 bits per heavy atom. The molecular formula is C21H25F3N6O4. The highest BCUT2D eigenvalue weighted by molar-refractivity contribution is 6.03. The number of oxazole rings is 1. The van der Waals surface area contributed by atoms with E-state index in [1.54, 1.807) is 11.0 Å². The highest BCUT2D eigenvalue weighted by Gasteiger charge is 2.42. The van der Waals surface area contributed by atoms with Crippen molar-refractivity contribution >= 4 is 29.5 Å². The van der Waals surface area contributed by atoms with Crippen LogP contribution in [-0.2, 0) is 6.18 Å². The molecule has 13 heteroatoms. The minimum Gasteiger partial charge on any atom is -0.465 e. The summed E-state index contributed by atoms with van der Waals surface area (Å²) in [5.41, 5.74) is -1.15. The van der Waals surface area contributed by atoms with Gasteiger partial charge in [-0.05, 0) is 44.2 Å². The Morgan fingerprint density at radius 3 is 2.35 bits per heavy atom. The van der Waals surface area contributed by atoms with Gasteiger partial charge >= 0.3 is 12.3 Å². The monoisotopic (exact) mass is 482 g/mol. The van der Waals surface area contributed by atoms with E-state index in [4.69, 9.17) is 9.52 Å². The minimum absolute atomic E-state index is 0.119. The van der Waals surface area contributed by atoms with Crippen LogP contribution in [0.25, 0.3) is 0 Å². The van der Waals surface area contributed by atoms with Gasteiger partial charge in [-0.3, -0.25) is 4.79 Å². The summed E-state index contributed by atoms with van der Waals surface area (Å²) in [7, 11) is 0. The standard InChI is InChI=1S/C21H25F3N6O4/c22-21(23,24)17-16(34-19(28-17)30-8-2-1-3-9-30)18(31)26-14-4-5-15(25-12-14)29-10-6-13(7-11-29)27-20(32)33/h4-5,12-13,27H,1-3,6-11H2,(H,26,31)(H,32,33). The number of aromatic nitrogens is 2. The number of hydrogen-bond acceptors (Lipinski definition) is 7. The Bertz CT molecular complexity index is 1010. The van der Waals surface area contributed by atoms with Gasteiger partial charge in [0.05, 0.1) is 11.9 Å². The van der Waals surface area contributed by atoms with E-state index >= 15 is 0 Å². The molecule has 0 spiro atoms. The van der Waals surface area contributed by atoms with Crippen molar-refractivity contribution in [1.82, 2.24) is 15.3 Å². The maximum Gasteiger partial charge on any atom is 0.437 e. The fourth-order valence-corrected chi connectivity index (χ4v) is 4.14. The van der Waals surface area contributed by atoms with E-state index in [1.165, 1.54) is 12.3 Å². The molecule has 0 saturated carbocycles. The van der Waals surface area contributed by atoms with Gasteiger partial charge in [0.15, 0.2) is 5.69 Å². The van der Waals surface area contributed by atoms with Crippen LogP contribution < -0.4 is 20.4 Å². The molecular weight excluding hydrogens is 457 g/mol. The summed E-state index contributed by atoms with van der Waals surface area (Å²) in [4.78, 5) is 34.8. The lowest BCUT2D eigenvalue weighted by molar-refractivity contribution is -0.141. The first-order valence-electron chi connectivity index (χ1n) is 11.1. The van der Waals surface area contributed by atoms with Crippen LogP contribution in [0.1, 0.15) is 48.4 Å². The van der Waals surface area contributed by atoms with E-state index in [-0.39, 0.29) is 17.7 Å². The van der Waals surface area contributed by atoms with Crippen molar-refractivity contribution in [1.29, 1.82) is 0 Å². The molecule has 10 nitrogen and oxygen atoms in total. The molecule has 2 aromatic rings. The molecule has 0 aliphatic carbocycles. The summed E-state index contributed by atoms with van der Waals surface area (Å²) in [6.45, 7) is 2.23. The molecule has 4 rings (SSSR count). The number of anilines is 3. The number of nitrogens with one attached hydrogen (secondary N) is 2. The van der Waals surface area contributed by atoms with Crippen LogP contribution in [0.4, 0.5) is 35.5 Å². The van der Waals surface area contributed by atoms with E-state index < -0.39 is 29.6 Å². The summed E-state index contributed by atoms with van der Waals surface area (Å²) in [5, 5.41) is 13.7. The molecule has 0 unspecified atom stereocenters. The van der Waals surface area contributed by atoms with Gasteiger partial charge in [0.25, 0.3) is 11.9 Å². The van der Waals surface area contributed by atoms with Gasteiger partial charge in [-0.1, -0.05) is 0 Å². The predicted molar refractivity (Wildman–Crippen MR) is 116 cm³/mol. The van der Waals surface area contributed by atoms with Crippen LogP contribution in [0.3, 0.4) is 0 Å². The molecule has 2 amide bonds. The number of piperidine rings is 2. The van der Waals surface area contributed by atoms with Crippen molar-refractivity contribution in [3.8, 4) is 0 Å². The second kappa shape index (κ2) is 9.77. The molecule has 184 valence electrons. The minimum atomic E-state index is -4.84. The largest absolute Gasteiger partial charge is 0.465 e. The van der Waals surface area contributed by atoms with E-state index in [2.05, 4.69) is 20.6 Å². The first-order valence-corrected chi connectivity index (χ1v) is 11.1. The lowest BCUT2D eigenvalue weighted by atomic mass is 10.1. The number of amides is 2. The Hall–Kier alpha value is -3.51. The SMILES string of the molecule is O=C(O)NC1CCN(c2ccc(NC(=O)c3oc(N4CCCCC4)nc3C(F)(F)F)cn2)CC1. The zero-order valence-corrected chi connectivity index (χ0v) is 18.3. The third-order valence-corrected chi connectivity index (χ3v) is 5.87. The molecule has 3 N–H and O–H groups in total. The van der Waals surface area contributed by atoms with Crippen LogP contribution >= 0.6 is 0 Å². The second-order valence-corrected chi connectivity index (χ2v) is 8.29. The molecule has 2 aliphatic heterocycles. The van der Waals surface area contributed by atoms with Crippen molar-refractivity contribution in [3.63, 3.8) is 0 Å². The number of rotatable bonds is 5. The fraction of sp³-hybridized carbons (Fsp3) is 0.524. The predicted octanol–water partition coefficient (Wildman–Crippen LogP) is 3.57. The molecule has 0 radical (unpaired) electrons. The number of halogens is 3. The van der Waals surface area contributed by atoms with Gasteiger partial charge in [-0.2, -0.15) is 18.2 Å². The molecule has 0 atom stereocenters. The number of alkyl halides is 3. The van der Waals surface area contributed by atoms with E-state index in [9.17, 15) is 22.8 Å². The van der Waals surface area contributed by atoms with Gasteiger partial charge in [0.2, 0.25) is 5.76 Å². The first-order chi connectivity index (χ1) is 16.2. The zero-order chi connectivity index (χ0) is 24.3. The number of carbonyl (C=O) groups is 2. The molecule has 0 bridgehead atoms. The molecule has 2 fully saturated rings. The van der Waals surface area contributed by atoms with Crippen molar-refractivity contribution in [2.45, 2.75) is 44.3 Å². The highest BCUT2D eigenvalue weighted by Crippen LogP contribution is 2.35. The average molecular weight is 482 g/mol. The third kappa shape index (κ3) is 5.51. The van der Waals surface area contributed by atoms with Gasteiger partial charge in [0, 0.05) is 32.2 Å². The first kappa shape index (κ1) is 23.6. The van der Waals surface area contributed by atoms with E-state index in [1.807, 2.05) is 4.90 Å². The topological polar surface area (TPSA) is 124 Å². The summed E-state index contributed by atoms with van der Waals surface area (Å²) in [6.07, 6.45) is -0.682. The summed E-state index contributed by atoms with van der Waals surface area (Å²) >= 11 is 0. The van der Waals surface area contributed by atoms with Crippen LogP contribution in [-0.4, -0.2) is 59.3 Å². The summed E-state index contributed by atoms with van der Waals surface area (Å²) < 4.78 is 45.8. The van der Waals surface area contributed by atoms with Crippen LogP contribution in [0.5, 0.6) is 0 Å². The van der Waals surface area contributed by atoms with Gasteiger partial charge in [-0.15, -0.1) is 0 Å². The van der Waals surface area contributed by atoms with Crippen molar-refractivity contribution in [3.05, 3.63) is 29.8 Å². The highest BCUT2D eigenvalue weighted by atomic mass is 19.4. The van der Waals surface area contributed by atoms with Gasteiger partial charge < -0.3 is 30.0 Å². The number of carboxylic acid groups (broad SMARTS) is 1. The number of nitrogens with zero attached hydrogens (tertiary/aromatic N) is 4. The van der Waals surface area contributed by atoms with E-state index in [0.717, 1.165) is 19.3 Å². The molecule has 4 heterocycles. The van der Waals surface area contributed by atoms with E-state index in [0.29, 0.717) is 44.8 Å². The maximum atomic E-state index is 13.5. The molecule has 0 aromatic carbocycles. The number of hydrogen-bond donors (Lipinski definition) is 3. The van der Waals surface area contributed by atoms with Gasteiger partial charge in [0.1, 0.15) is 5.82 Å². The fourth-order valence-electron chi connectivity index (χ4n) is 4.14. The quantitative estimate of drug-likeness (QED) is 0.591. The Morgan fingerprint density at radius 1 is 1.06 bits per heavy atom. The third-order valence-electron chi connectivity index (χ3n) is 5.87. The van der Waals surface area contributed by atoms with Gasteiger partial charge in [-0.25, -0.2) is 9.78 Å². The van der Waals surface area contributed by atoms with Crippen molar-refractivity contribution in [2.24, 2.45) is 0 Å². The Balaban J connectivity index is 1.42. The Kier molecular flexibility index (Phi) is 6.80. The smallest absolute Gasteiger partial charge is 0.437 e. The molecule has 34 heavy (non-hydrogen) atoms. The molecule has 2 aliphatic rings. The second-order valence-electron chi connectivity index (χ2n) is 8.29. The van der Waals surface area contributed by atoms with Crippen molar-refractivity contribution in [2.75, 3.05) is 41.3 Å². The lowest BCUT2D eigenvalue weighted by Crippen LogP contribution is -2.44. The molecule has 2 aromatic heterocycles. The molecule has 2 saturated heterocycles.